The normalized spacial score (nSPS) is 13.1. The summed E-state index contributed by atoms with van der Waals surface area (Å²) in [6.07, 6.45) is 0. The Hall–Kier alpha value is -0.770. The van der Waals surface area contributed by atoms with Gasteiger partial charge in [0.25, 0.3) is 0 Å². The molecule has 0 unspecified atom stereocenters. The molecule has 0 aromatic heterocycles. The second-order valence-corrected chi connectivity index (χ2v) is 14.4. The molecule has 0 bridgehead atoms. The van der Waals surface area contributed by atoms with E-state index in [0.717, 1.165) is 0 Å². The molecule has 0 heterocycles. The van der Waals surface area contributed by atoms with E-state index in [2.05, 4.69) is 107 Å². The van der Waals surface area contributed by atoms with E-state index in [0.29, 0.717) is 0 Å². The summed E-state index contributed by atoms with van der Waals surface area (Å²) in [5, 5.41) is 0. The molecule has 0 aliphatic rings. The van der Waals surface area contributed by atoms with Crippen LogP contribution in [0, 0.1) is 20.8 Å². The maximum absolute atomic E-state index is 2.52. The van der Waals surface area contributed by atoms with Gasteiger partial charge in [-0.3, -0.25) is 0 Å². The monoisotopic (exact) mass is 494 g/mol. The average molecular weight is 492 g/mol. The Bertz CT molecular complexity index is 807. The Labute approximate surface area is 184 Å². The van der Waals surface area contributed by atoms with Crippen LogP contribution in [0.4, 0.5) is 0 Å². The summed E-state index contributed by atoms with van der Waals surface area (Å²) >= 11 is -0.483. The third kappa shape index (κ3) is 5.23. The number of hydrogen-bond donors (Lipinski definition) is 0. The van der Waals surface area contributed by atoms with Gasteiger partial charge in [-0.05, 0) is 0 Å². The van der Waals surface area contributed by atoms with Crippen molar-refractivity contribution >= 4 is 28.1 Å². The van der Waals surface area contributed by atoms with Gasteiger partial charge < -0.3 is 0 Å². The second kappa shape index (κ2) is 7.81. The average Bonchev–Trinajstić information content (AvgIpc) is 2.47. The van der Waals surface area contributed by atoms with Crippen molar-refractivity contribution in [2.45, 2.75) is 99.3 Å². The van der Waals surface area contributed by atoms with E-state index in [-0.39, 0.29) is 16.2 Å². The predicted molar refractivity (Wildman–Crippen MR) is 128 cm³/mol. The van der Waals surface area contributed by atoms with Crippen LogP contribution < -0.4 is 7.22 Å². The third-order valence-corrected chi connectivity index (χ3v) is 9.64. The van der Waals surface area contributed by atoms with Gasteiger partial charge in [-0.1, -0.05) is 0 Å². The topological polar surface area (TPSA) is 0 Å². The van der Waals surface area contributed by atoms with Crippen molar-refractivity contribution in [2.75, 3.05) is 0 Å². The molecule has 0 saturated heterocycles. The van der Waals surface area contributed by atoms with Crippen LogP contribution in [0.1, 0.15) is 95.7 Å². The van der Waals surface area contributed by atoms with E-state index >= 15 is 0 Å². The van der Waals surface area contributed by atoms with Crippen LogP contribution in [0.5, 0.6) is 0 Å². The van der Waals surface area contributed by atoms with Gasteiger partial charge >= 0.3 is 185 Å². The molecule has 0 radical (unpaired) electrons. The molecule has 1 heteroatoms. The molecule has 0 aliphatic carbocycles. The first kappa shape index (κ1) is 23.5. The van der Waals surface area contributed by atoms with Crippen molar-refractivity contribution in [3.63, 3.8) is 0 Å². The van der Waals surface area contributed by atoms with Crippen LogP contribution in [0.15, 0.2) is 24.3 Å². The molecule has 0 spiro atoms. The predicted octanol–water partition coefficient (Wildman–Crippen LogP) is 6.16. The van der Waals surface area contributed by atoms with Crippen LogP contribution in [0.3, 0.4) is 0 Å². The number of benzene rings is 2. The fraction of sp³-hybridized carbons (Fsp3) is 0.556. The Morgan fingerprint density at radius 1 is 0.536 bits per heavy atom. The van der Waals surface area contributed by atoms with Gasteiger partial charge in [0, 0.05) is 0 Å². The van der Waals surface area contributed by atoms with E-state index < -0.39 is 20.9 Å². The van der Waals surface area contributed by atoms with E-state index in [4.69, 9.17) is 0 Å². The zero-order valence-corrected chi connectivity index (χ0v) is 22.5. The maximum atomic E-state index is 2.52. The fourth-order valence-electron chi connectivity index (χ4n) is 3.72. The van der Waals surface area contributed by atoms with Crippen LogP contribution in [-0.2, 0) is 16.2 Å². The summed E-state index contributed by atoms with van der Waals surface area (Å²) in [6, 6.07) is 9.77. The molecule has 0 fully saturated rings. The molecule has 2 rings (SSSR count). The first-order valence-corrected chi connectivity index (χ1v) is 12.8. The number of hydrogen-bond acceptors (Lipinski definition) is 0. The van der Waals surface area contributed by atoms with Crippen molar-refractivity contribution in [1.82, 2.24) is 0 Å². The number of rotatable bonds is 2. The molecule has 0 saturated carbocycles. The Morgan fingerprint density at radius 3 is 1.25 bits per heavy atom. The van der Waals surface area contributed by atoms with Crippen molar-refractivity contribution in [1.29, 1.82) is 0 Å². The van der Waals surface area contributed by atoms with Gasteiger partial charge in [-0.2, -0.15) is 0 Å². The Balaban J connectivity index is 2.85. The second-order valence-electron chi connectivity index (χ2n) is 11.5. The van der Waals surface area contributed by atoms with E-state index in [1.807, 2.05) is 0 Å². The van der Waals surface area contributed by atoms with Crippen LogP contribution >= 0.6 is 0 Å². The summed E-state index contributed by atoms with van der Waals surface area (Å²) in [5.74, 6) is 0. The molecular formula is C27H40Te. The molecule has 0 aliphatic heterocycles. The Morgan fingerprint density at radius 2 is 0.929 bits per heavy atom. The SMILES string of the molecule is Cc1cc(C)c([Te]c2c(C(C)(C)C)cc(C(C)(C)C)cc2C(C)(C)C)c(C)c1. The summed E-state index contributed by atoms with van der Waals surface area (Å²) in [6.45, 7) is 28.1. The minimum absolute atomic E-state index is 0.147. The zero-order chi connectivity index (χ0) is 21.7. The minimum atomic E-state index is -0.483. The van der Waals surface area contributed by atoms with Gasteiger partial charge in [-0.25, -0.2) is 0 Å². The summed E-state index contributed by atoms with van der Waals surface area (Å²) < 4.78 is 3.28. The van der Waals surface area contributed by atoms with Crippen molar-refractivity contribution in [3.05, 3.63) is 57.6 Å². The van der Waals surface area contributed by atoms with Gasteiger partial charge in [0.15, 0.2) is 0 Å². The van der Waals surface area contributed by atoms with Gasteiger partial charge in [0.1, 0.15) is 0 Å². The van der Waals surface area contributed by atoms with Crippen LogP contribution in [0.25, 0.3) is 0 Å². The molecule has 28 heavy (non-hydrogen) atoms. The van der Waals surface area contributed by atoms with Gasteiger partial charge in [0.2, 0.25) is 0 Å². The van der Waals surface area contributed by atoms with Crippen molar-refractivity contribution < 1.29 is 0 Å². The summed E-state index contributed by atoms with van der Waals surface area (Å²) in [7, 11) is 0. The van der Waals surface area contributed by atoms with E-state index in [1.54, 1.807) is 18.3 Å². The fourth-order valence-corrected chi connectivity index (χ4v) is 8.27. The summed E-state index contributed by atoms with van der Waals surface area (Å²) in [5.41, 5.74) is 9.37. The Kier molecular flexibility index (Phi) is 6.56. The molecule has 154 valence electrons. The van der Waals surface area contributed by atoms with Gasteiger partial charge in [-0.15, -0.1) is 0 Å². The van der Waals surface area contributed by atoms with Crippen molar-refractivity contribution in [2.24, 2.45) is 0 Å². The molecule has 0 nitrogen and oxygen atoms in total. The molecule has 2 aromatic carbocycles. The molecule has 2 aromatic rings. The molecule has 0 atom stereocenters. The molecular weight excluding hydrogens is 452 g/mol. The summed E-state index contributed by atoms with van der Waals surface area (Å²) in [4.78, 5) is 0. The van der Waals surface area contributed by atoms with E-state index in [9.17, 15) is 0 Å². The van der Waals surface area contributed by atoms with E-state index in [1.165, 1.54) is 22.3 Å². The molecule has 0 amide bonds. The van der Waals surface area contributed by atoms with Gasteiger partial charge in [0.05, 0.1) is 0 Å². The quantitative estimate of drug-likeness (QED) is 0.441. The van der Waals surface area contributed by atoms with Crippen LogP contribution in [0.2, 0.25) is 0 Å². The third-order valence-electron chi connectivity index (χ3n) is 5.38. The van der Waals surface area contributed by atoms with Crippen LogP contribution in [-0.4, -0.2) is 20.9 Å². The first-order valence-electron chi connectivity index (χ1n) is 10.5. The van der Waals surface area contributed by atoms with Crippen molar-refractivity contribution in [3.8, 4) is 0 Å². The zero-order valence-electron chi connectivity index (χ0n) is 20.2. The molecule has 0 N–H and O–H groups in total. The first-order chi connectivity index (χ1) is 12.5. The standard InChI is InChI=1S/C27H40Te/c1-17-13-18(2)23(19(3)14-17)28-24-21(26(7,8)9)15-20(25(4,5)6)16-22(24)27(10,11)12/h13-16H,1-12H3. The number of aryl methyl sites for hydroxylation is 3.